The van der Waals surface area contributed by atoms with Crippen molar-refractivity contribution in [1.82, 2.24) is 9.88 Å². The normalized spacial score (nSPS) is 22.3. The first kappa shape index (κ1) is 14.2. The average molecular weight is 302 g/mol. The highest BCUT2D eigenvalue weighted by Crippen LogP contribution is 2.26. The molecule has 1 fully saturated rings. The Morgan fingerprint density at radius 2 is 2.10 bits per heavy atom. The summed E-state index contributed by atoms with van der Waals surface area (Å²) in [5.74, 6) is 1.83. The van der Waals surface area contributed by atoms with E-state index in [0.717, 1.165) is 23.4 Å². The summed E-state index contributed by atoms with van der Waals surface area (Å²) in [6.07, 6.45) is 3.07. The summed E-state index contributed by atoms with van der Waals surface area (Å²) in [5.41, 5.74) is 1.66. The van der Waals surface area contributed by atoms with Crippen molar-refractivity contribution in [3.8, 4) is 11.3 Å². The topological polar surface area (TPSA) is 46.3 Å². The fraction of sp³-hybridized carbons (Fsp3) is 0.375. The molecule has 0 N–H and O–H groups in total. The van der Waals surface area contributed by atoms with Crippen molar-refractivity contribution >= 4 is 17.7 Å². The summed E-state index contributed by atoms with van der Waals surface area (Å²) in [6, 6.07) is 7.80. The molecule has 1 aromatic carbocycles. The van der Waals surface area contributed by atoms with E-state index in [1.807, 2.05) is 40.9 Å². The molecule has 21 heavy (non-hydrogen) atoms. The van der Waals surface area contributed by atoms with Crippen LogP contribution in [-0.2, 0) is 0 Å². The van der Waals surface area contributed by atoms with Crippen LogP contribution in [0.4, 0.5) is 0 Å². The van der Waals surface area contributed by atoms with Crippen LogP contribution in [0.2, 0.25) is 0 Å². The van der Waals surface area contributed by atoms with E-state index in [1.54, 1.807) is 6.20 Å². The van der Waals surface area contributed by atoms with Gasteiger partial charge in [-0.3, -0.25) is 4.79 Å². The zero-order valence-electron chi connectivity index (χ0n) is 12.2. The monoisotopic (exact) mass is 302 g/mol. The Kier molecular flexibility index (Phi) is 4.01. The minimum atomic E-state index is 0.110. The molecule has 2 atom stereocenters. The van der Waals surface area contributed by atoms with Gasteiger partial charge in [0.2, 0.25) is 0 Å². The number of oxazole rings is 1. The lowest BCUT2D eigenvalue weighted by Gasteiger charge is -2.37. The first-order chi connectivity index (χ1) is 10.2. The van der Waals surface area contributed by atoms with Gasteiger partial charge in [-0.05, 0) is 19.1 Å². The van der Waals surface area contributed by atoms with Gasteiger partial charge in [-0.15, -0.1) is 0 Å². The number of amides is 1. The molecule has 1 aliphatic heterocycles. The van der Waals surface area contributed by atoms with Gasteiger partial charge in [-0.2, -0.15) is 11.8 Å². The maximum Gasteiger partial charge on any atom is 0.254 e. The van der Waals surface area contributed by atoms with E-state index < -0.39 is 0 Å². The van der Waals surface area contributed by atoms with Gasteiger partial charge in [0.05, 0.1) is 6.20 Å². The molecule has 2 heterocycles. The van der Waals surface area contributed by atoms with Gasteiger partial charge < -0.3 is 9.32 Å². The molecule has 110 valence electrons. The summed E-state index contributed by atoms with van der Waals surface area (Å²) in [6.45, 7) is 5.12. The molecule has 0 unspecified atom stereocenters. The largest absolute Gasteiger partial charge is 0.444 e. The van der Waals surface area contributed by atoms with Gasteiger partial charge in [0.1, 0.15) is 0 Å². The summed E-state index contributed by atoms with van der Waals surface area (Å²) in [4.78, 5) is 18.5. The van der Waals surface area contributed by atoms with Crippen LogP contribution >= 0.6 is 11.8 Å². The number of aromatic nitrogens is 1. The van der Waals surface area contributed by atoms with Crippen molar-refractivity contribution < 1.29 is 9.21 Å². The van der Waals surface area contributed by atoms with Gasteiger partial charge in [-0.1, -0.05) is 19.1 Å². The van der Waals surface area contributed by atoms with E-state index in [4.69, 9.17) is 4.42 Å². The highest BCUT2D eigenvalue weighted by atomic mass is 32.2. The second-order valence-electron chi connectivity index (χ2n) is 5.26. The minimum absolute atomic E-state index is 0.110. The maximum atomic E-state index is 12.6. The Balaban J connectivity index is 1.79. The van der Waals surface area contributed by atoms with E-state index in [-0.39, 0.29) is 11.9 Å². The molecule has 1 saturated heterocycles. The number of carbonyl (C=O) groups is 1. The predicted molar refractivity (Wildman–Crippen MR) is 84.4 cm³/mol. The third kappa shape index (κ3) is 2.83. The maximum absolute atomic E-state index is 12.6. The van der Waals surface area contributed by atoms with Gasteiger partial charge >= 0.3 is 0 Å². The van der Waals surface area contributed by atoms with Crippen LogP contribution in [0.3, 0.4) is 0 Å². The van der Waals surface area contributed by atoms with Crippen LogP contribution < -0.4 is 0 Å². The van der Waals surface area contributed by atoms with Crippen LogP contribution in [0.5, 0.6) is 0 Å². The number of rotatable bonds is 2. The molecule has 3 rings (SSSR count). The second-order valence-corrected chi connectivity index (χ2v) is 6.74. The lowest BCUT2D eigenvalue weighted by atomic mass is 10.1. The molecule has 1 aliphatic rings. The van der Waals surface area contributed by atoms with Crippen LogP contribution in [0.25, 0.3) is 11.3 Å². The summed E-state index contributed by atoms with van der Waals surface area (Å²) in [7, 11) is 0. The molecule has 5 heteroatoms. The highest BCUT2D eigenvalue weighted by molar-refractivity contribution is 8.00. The molecule has 4 nitrogen and oxygen atoms in total. The van der Waals surface area contributed by atoms with Crippen molar-refractivity contribution in [2.24, 2.45) is 0 Å². The molecular weight excluding hydrogens is 284 g/mol. The van der Waals surface area contributed by atoms with Gasteiger partial charge in [0.15, 0.2) is 12.2 Å². The Bertz CT molecular complexity index is 610. The smallest absolute Gasteiger partial charge is 0.254 e. The van der Waals surface area contributed by atoms with Crippen molar-refractivity contribution in [2.45, 2.75) is 25.1 Å². The number of carbonyl (C=O) groups excluding carboxylic acids is 1. The van der Waals surface area contributed by atoms with Crippen LogP contribution in [-0.4, -0.2) is 39.4 Å². The fourth-order valence-corrected chi connectivity index (χ4v) is 3.62. The molecule has 1 aromatic heterocycles. The average Bonchev–Trinajstić information content (AvgIpc) is 3.04. The minimum Gasteiger partial charge on any atom is -0.444 e. The lowest BCUT2D eigenvalue weighted by molar-refractivity contribution is 0.0698. The van der Waals surface area contributed by atoms with Crippen molar-refractivity contribution in [3.05, 3.63) is 42.4 Å². The molecule has 0 saturated carbocycles. The third-order valence-electron chi connectivity index (χ3n) is 3.99. The summed E-state index contributed by atoms with van der Waals surface area (Å²) >= 11 is 1.93. The zero-order valence-corrected chi connectivity index (χ0v) is 13.0. The summed E-state index contributed by atoms with van der Waals surface area (Å²) in [5, 5.41) is 0.483. The van der Waals surface area contributed by atoms with Gasteiger partial charge in [0.25, 0.3) is 5.91 Å². The second kappa shape index (κ2) is 5.93. The fourth-order valence-electron chi connectivity index (χ4n) is 2.52. The zero-order chi connectivity index (χ0) is 14.8. The quantitative estimate of drug-likeness (QED) is 0.854. The van der Waals surface area contributed by atoms with Crippen molar-refractivity contribution in [1.29, 1.82) is 0 Å². The molecular formula is C16H18N2O2S. The predicted octanol–water partition coefficient (Wildman–Crippen LogP) is 3.31. The Hall–Kier alpha value is -1.75. The van der Waals surface area contributed by atoms with E-state index in [2.05, 4.69) is 18.8 Å². The number of hydrogen-bond donors (Lipinski definition) is 0. The van der Waals surface area contributed by atoms with Gasteiger partial charge in [-0.25, -0.2) is 4.98 Å². The standard InChI is InChI=1S/C16H18N2O2S/c1-11-12(2)21-8-7-18(11)16(19)14-5-3-13(4-6-14)15-9-17-10-20-15/h3-6,9-12H,7-8H2,1-2H3/t11-,12+/m0/s1. The van der Waals surface area contributed by atoms with Crippen LogP contribution in [0, 0.1) is 0 Å². The number of nitrogens with zero attached hydrogens (tertiary/aromatic N) is 2. The third-order valence-corrected chi connectivity index (χ3v) is 5.33. The molecule has 0 radical (unpaired) electrons. The molecule has 2 aromatic rings. The Morgan fingerprint density at radius 3 is 2.76 bits per heavy atom. The van der Waals surface area contributed by atoms with E-state index in [0.29, 0.717) is 11.0 Å². The first-order valence-corrected chi connectivity index (χ1v) is 8.13. The van der Waals surface area contributed by atoms with Crippen LogP contribution in [0.15, 0.2) is 41.3 Å². The summed E-state index contributed by atoms with van der Waals surface area (Å²) < 4.78 is 5.26. The molecule has 1 amide bonds. The number of thioether (sulfide) groups is 1. The number of hydrogen-bond acceptors (Lipinski definition) is 4. The molecule has 0 aliphatic carbocycles. The Labute approximate surface area is 128 Å². The van der Waals surface area contributed by atoms with E-state index in [1.165, 1.54) is 6.39 Å². The Morgan fingerprint density at radius 1 is 1.33 bits per heavy atom. The number of benzene rings is 1. The van der Waals surface area contributed by atoms with E-state index in [9.17, 15) is 4.79 Å². The molecule has 0 spiro atoms. The van der Waals surface area contributed by atoms with Crippen LogP contribution in [0.1, 0.15) is 24.2 Å². The lowest BCUT2D eigenvalue weighted by Crippen LogP contribution is -2.47. The SMILES string of the molecule is C[C@H]1SCCN(C(=O)c2ccc(-c3cnco3)cc2)[C@H]1C. The highest BCUT2D eigenvalue weighted by Gasteiger charge is 2.29. The molecule has 0 bridgehead atoms. The van der Waals surface area contributed by atoms with Gasteiger partial charge in [0, 0.05) is 34.7 Å². The van der Waals surface area contributed by atoms with Crippen molar-refractivity contribution in [3.63, 3.8) is 0 Å². The van der Waals surface area contributed by atoms with E-state index >= 15 is 0 Å². The van der Waals surface area contributed by atoms with Crippen molar-refractivity contribution in [2.75, 3.05) is 12.3 Å². The first-order valence-electron chi connectivity index (χ1n) is 7.08.